The maximum atomic E-state index is 12.4. The molecule has 5 heteroatoms. The maximum absolute atomic E-state index is 12.4. The van der Waals surface area contributed by atoms with Crippen molar-refractivity contribution in [3.05, 3.63) is 59.2 Å². The topological polar surface area (TPSA) is 75.6 Å². The van der Waals surface area contributed by atoms with Gasteiger partial charge >= 0.3 is 5.97 Å². The van der Waals surface area contributed by atoms with E-state index in [-0.39, 0.29) is 11.5 Å². The molecular formula is C19H21NO4. The van der Waals surface area contributed by atoms with Gasteiger partial charge in [-0.05, 0) is 61.7 Å². The van der Waals surface area contributed by atoms with E-state index >= 15 is 0 Å². The van der Waals surface area contributed by atoms with Crippen molar-refractivity contribution in [2.24, 2.45) is 0 Å². The normalized spacial score (nSPS) is 11.6. The molecule has 1 amide bonds. The summed E-state index contributed by atoms with van der Waals surface area (Å²) in [5, 5.41) is 11.6. The number of nitrogens with one attached hydrogen (secondary N) is 1. The van der Waals surface area contributed by atoms with Gasteiger partial charge in [-0.1, -0.05) is 19.1 Å². The summed E-state index contributed by atoms with van der Waals surface area (Å²) in [7, 11) is 0. The summed E-state index contributed by atoms with van der Waals surface area (Å²) in [4.78, 5) is 23.3. The van der Waals surface area contributed by atoms with Gasteiger partial charge in [-0.2, -0.15) is 0 Å². The Labute approximate surface area is 141 Å². The van der Waals surface area contributed by atoms with Crippen LogP contribution in [0.2, 0.25) is 0 Å². The van der Waals surface area contributed by atoms with E-state index in [1.54, 1.807) is 12.1 Å². The lowest BCUT2D eigenvalue weighted by Crippen LogP contribution is -2.32. The van der Waals surface area contributed by atoms with E-state index in [1.807, 2.05) is 39.0 Å². The number of carboxylic acid groups (broad SMARTS) is 1. The molecule has 2 aromatic rings. The highest BCUT2D eigenvalue weighted by atomic mass is 16.5. The molecule has 2 rings (SSSR count). The molecule has 0 aromatic heterocycles. The minimum Gasteiger partial charge on any atom is -0.480 e. The Morgan fingerprint density at radius 1 is 1.12 bits per heavy atom. The second-order valence-electron chi connectivity index (χ2n) is 5.58. The first-order valence-electron chi connectivity index (χ1n) is 7.79. The highest BCUT2D eigenvalue weighted by Gasteiger charge is 2.19. The number of anilines is 1. The maximum Gasteiger partial charge on any atom is 0.335 e. The number of hydrogen-bond acceptors (Lipinski definition) is 3. The van der Waals surface area contributed by atoms with E-state index in [1.165, 1.54) is 12.1 Å². The van der Waals surface area contributed by atoms with Crippen LogP contribution in [0.4, 0.5) is 5.69 Å². The first-order chi connectivity index (χ1) is 11.4. The van der Waals surface area contributed by atoms with Gasteiger partial charge in [-0.3, -0.25) is 4.79 Å². The summed E-state index contributed by atoms with van der Waals surface area (Å²) in [5.41, 5.74) is 2.82. The van der Waals surface area contributed by atoms with Crippen LogP contribution < -0.4 is 10.1 Å². The van der Waals surface area contributed by atoms with E-state index in [2.05, 4.69) is 5.32 Å². The molecule has 0 aliphatic heterocycles. The molecule has 5 nitrogen and oxygen atoms in total. The van der Waals surface area contributed by atoms with Gasteiger partial charge in [0.15, 0.2) is 6.10 Å². The average Bonchev–Trinajstić information content (AvgIpc) is 2.56. The molecule has 0 aliphatic rings. The van der Waals surface area contributed by atoms with Gasteiger partial charge in [0.25, 0.3) is 5.91 Å². The number of carboxylic acids is 1. The van der Waals surface area contributed by atoms with Crippen molar-refractivity contribution in [2.75, 3.05) is 5.32 Å². The second kappa shape index (κ2) is 7.64. The van der Waals surface area contributed by atoms with Crippen molar-refractivity contribution < 1.29 is 19.4 Å². The number of aromatic carboxylic acids is 1. The zero-order valence-corrected chi connectivity index (χ0v) is 14.0. The fraction of sp³-hybridized carbons (Fsp3) is 0.263. The third-order valence-corrected chi connectivity index (χ3v) is 3.89. The number of benzene rings is 2. The summed E-state index contributed by atoms with van der Waals surface area (Å²) in [6.07, 6.45) is -0.100. The molecular weight excluding hydrogens is 306 g/mol. The van der Waals surface area contributed by atoms with Gasteiger partial charge in [0, 0.05) is 5.69 Å². The van der Waals surface area contributed by atoms with Gasteiger partial charge < -0.3 is 15.2 Å². The summed E-state index contributed by atoms with van der Waals surface area (Å²) < 4.78 is 5.87. The molecule has 2 N–H and O–H groups in total. The zero-order valence-electron chi connectivity index (χ0n) is 14.0. The van der Waals surface area contributed by atoms with Crippen LogP contribution in [0.5, 0.6) is 5.75 Å². The number of carbonyl (C=O) groups excluding carboxylic acids is 1. The molecule has 24 heavy (non-hydrogen) atoms. The fourth-order valence-corrected chi connectivity index (χ4v) is 2.25. The number of amides is 1. The lowest BCUT2D eigenvalue weighted by molar-refractivity contribution is -0.122. The molecule has 0 fully saturated rings. The molecule has 0 saturated carbocycles. The zero-order chi connectivity index (χ0) is 17.7. The van der Waals surface area contributed by atoms with Crippen LogP contribution in [0.3, 0.4) is 0 Å². The van der Waals surface area contributed by atoms with Gasteiger partial charge in [-0.15, -0.1) is 0 Å². The minimum absolute atomic E-state index is 0.173. The Kier molecular flexibility index (Phi) is 5.58. The van der Waals surface area contributed by atoms with Crippen molar-refractivity contribution in [1.82, 2.24) is 0 Å². The van der Waals surface area contributed by atoms with Crippen LogP contribution in [0.1, 0.15) is 34.8 Å². The van der Waals surface area contributed by atoms with Gasteiger partial charge in [-0.25, -0.2) is 4.79 Å². The third kappa shape index (κ3) is 4.13. The Morgan fingerprint density at radius 3 is 2.38 bits per heavy atom. The minimum atomic E-state index is -1.00. The van der Waals surface area contributed by atoms with E-state index in [4.69, 9.17) is 9.84 Å². The molecule has 0 bridgehead atoms. The van der Waals surface area contributed by atoms with E-state index in [0.29, 0.717) is 17.9 Å². The highest BCUT2D eigenvalue weighted by Crippen LogP contribution is 2.23. The SMILES string of the molecule is CC[C@H](Oc1cccc(C)c1C)C(=O)Nc1ccc(C(=O)O)cc1. The van der Waals surface area contributed by atoms with Crippen molar-refractivity contribution in [3.63, 3.8) is 0 Å². The van der Waals surface area contributed by atoms with Crippen LogP contribution in [0.25, 0.3) is 0 Å². The number of carbonyl (C=O) groups is 2. The van der Waals surface area contributed by atoms with Crippen LogP contribution in [-0.4, -0.2) is 23.1 Å². The standard InChI is InChI=1S/C19H21NO4/c1-4-16(24-17-7-5-6-12(2)13(17)3)18(21)20-15-10-8-14(9-11-15)19(22)23/h5-11,16H,4H2,1-3H3,(H,20,21)(H,22,23)/t16-/m0/s1. The van der Waals surface area contributed by atoms with Crippen molar-refractivity contribution in [2.45, 2.75) is 33.3 Å². The number of aryl methyl sites for hydroxylation is 1. The summed E-state index contributed by atoms with van der Waals surface area (Å²) >= 11 is 0. The van der Waals surface area contributed by atoms with Gasteiger partial charge in [0.2, 0.25) is 0 Å². The summed E-state index contributed by atoms with van der Waals surface area (Å²) in [5.74, 6) is -0.572. The number of hydrogen-bond donors (Lipinski definition) is 2. The van der Waals surface area contributed by atoms with E-state index in [0.717, 1.165) is 11.1 Å². The van der Waals surface area contributed by atoms with Crippen molar-refractivity contribution in [3.8, 4) is 5.75 Å². The predicted molar refractivity (Wildman–Crippen MR) is 92.7 cm³/mol. The molecule has 0 radical (unpaired) electrons. The Hall–Kier alpha value is -2.82. The van der Waals surface area contributed by atoms with Gasteiger partial charge in [0.1, 0.15) is 5.75 Å². The summed E-state index contributed by atoms with van der Waals surface area (Å²) in [6.45, 7) is 5.83. The molecule has 0 spiro atoms. The number of ether oxygens (including phenoxy) is 1. The van der Waals surface area contributed by atoms with Crippen LogP contribution in [0, 0.1) is 13.8 Å². The van der Waals surface area contributed by atoms with Gasteiger partial charge in [0.05, 0.1) is 5.56 Å². The van der Waals surface area contributed by atoms with Crippen molar-refractivity contribution >= 4 is 17.6 Å². The molecule has 0 heterocycles. The molecule has 1 atom stereocenters. The van der Waals surface area contributed by atoms with E-state index in [9.17, 15) is 9.59 Å². The second-order valence-corrected chi connectivity index (χ2v) is 5.58. The fourth-order valence-electron chi connectivity index (χ4n) is 2.25. The predicted octanol–water partition coefficient (Wildman–Crippen LogP) is 3.80. The lowest BCUT2D eigenvalue weighted by Gasteiger charge is -2.19. The Morgan fingerprint density at radius 2 is 1.79 bits per heavy atom. The smallest absolute Gasteiger partial charge is 0.335 e. The molecule has 0 aliphatic carbocycles. The highest BCUT2D eigenvalue weighted by molar-refractivity contribution is 5.95. The number of rotatable bonds is 6. The monoisotopic (exact) mass is 327 g/mol. The van der Waals surface area contributed by atoms with Crippen molar-refractivity contribution in [1.29, 1.82) is 0 Å². The van der Waals surface area contributed by atoms with E-state index < -0.39 is 12.1 Å². The first kappa shape index (κ1) is 17.5. The molecule has 126 valence electrons. The largest absolute Gasteiger partial charge is 0.480 e. The molecule has 0 saturated heterocycles. The quantitative estimate of drug-likeness (QED) is 0.846. The van der Waals surface area contributed by atoms with Crippen LogP contribution in [0.15, 0.2) is 42.5 Å². The Balaban J connectivity index is 2.08. The molecule has 2 aromatic carbocycles. The van der Waals surface area contributed by atoms with Crippen LogP contribution >= 0.6 is 0 Å². The Bertz CT molecular complexity index is 738. The third-order valence-electron chi connectivity index (χ3n) is 3.89. The van der Waals surface area contributed by atoms with Crippen LogP contribution in [-0.2, 0) is 4.79 Å². The lowest BCUT2D eigenvalue weighted by atomic mass is 10.1. The molecule has 0 unspecified atom stereocenters. The first-order valence-corrected chi connectivity index (χ1v) is 7.79. The average molecular weight is 327 g/mol. The summed E-state index contributed by atoms with van der Waals surface area (Å²) in [6, 6.07) is 11.8.